The first-order valence-corrected chi connectivity index (χ1v) is 7.17. The third-order valence-electron chi connectivity index (χ3n) is 3.15. The fourth-order valence-electron chi connectivity index (χ4n) is 2.28. The molecule has 0 amide bonds. The summed E-state index contributed by atoms with van der Waals surface area (Å²) in [6, 6.07) is 2.16. The lowest BCUT2D eigenvalue weighted by atomic mass is 10.1. The molecule has 3 heteroatoms. The van der Waals surface area contributed by atoms with Gasteiger partial charge in [0.15, 0.2) is 0 Å². The maximum atomic E-state index is 4.76. The second-order valence-electron chi connectivity index (χ2n) is 4.90. The summed E-state index contributed by atoms with van der Waals surface area (Å²) >= 11 is 0. The molecule has 1 rings (SSSR count). The van der Waals surface area contributed by atoms with Crippen LogP contribution >= 0.6 is 0 Å². The zero-order valence-corrected chi connectivity index (χ0v) is 12.8. The molecule has 0 saturated carbocycles. The van der Waals surface area contributed by atoms with E-state index < -0.39 is 0 Å². The summed E-state index contributed by atoms with van der Waals surface area (Å²) in [7, 11) is 0. The monoisotopic (exact) mass is 261 g/mol. The lowest BCUT2D eigenvalue weighted by Gasteiger charge is -2.26. The molecule has 0 unspecified atom stereocenters. The van der Waals surface area contributed by atoms with Crippen molar-refractivity contribution < 1.29 is 0 Å². The number of nitrogens with zero attached hydrogens (tertiary/aromatic N) is 2. The molecule has 1 N–H and O–H groups in total. The van der Waals surface area contributed by atoms with Crippen molar-refractivity contribution in [2.24, 2.45) is 0 Å². The minimum Gasteiger partial charge on any atom is -0.353 e. The van der Waals surface area contributed by atoms with Crippen LogP contribution in [0.15, 0.2) is 18.7 Å². The van der Waals surface area contributed by atoms with Crippen LogP contribution in [0.1, 0.15) is 37.1 Å². The van der Waals surface area contributed by atoms with E-state index in [1.54, 1.807) is 0 Å². The predicted molar refractivity (Wildman–Crippen MR) is 83.8 cm³/mol. The summed E-state index contributed by atoms with van der Waals surface area (Å²) in [5.74, 6) is 1.11. The molecule has 0 spiro atoms. The van der Waals surface area contributed by atoms with Crippen molar-refractivity contribution in [1.82, 2.24) is 10.3 Å². The van der Waals surface area contributed by atoms with Gasteiger partial charge in [-0.2, -0.15) is 0 Å². The molecule has 19 heavy (non-hydrogen) atoms. The molecule has 106 valence electrons. The Labute approximate surface area is 117 Å². The van der Waals surface area contributed by atoms with E-state index in [1.807, 2.05) is 6.08 Å². The Kier molecular flexibility index (Phi) is 6.57. The quantitative estimate of drug-likeness (QED) is 0.728. The highest BCUT2D eigenvalue weighted by Gasteiger charge is 2.14. The summed E-state index contributed by atoms with van der Waals surface area (Å²) in [6.45, 7) is 16.1. The van der Waals surface area contributed by atoms with Crippen molar-refractivity contribution >= 4 is 5.82 Å². The van der Waals surface area contributed by atoms with Crippen LogP contribution in [0.25, 0.3) is 0 Å². The van der Waals surface area contributed by atoms with Crippen LogP contribution in [0, 0.1) is 13.8 Å². The van der Waals surface area contributed by atoms with Gasteiger partial charge in [-0.05, 0) is 38.4 Å². The second kappa shape index (κ2) is 7.95. The van der Waals surface area contributed by atoms with Gasteiger partial charge in [0.1, 0.15) is 5.82 Å². The van der Waals surface area contributed by atoms with Crippen LogP contribution in [0.5, 0.6) is 0 Å². The molecule has 0 fully saturated rings. The van der Waals surface area contributed by atoms with Crippen molar-refractivity contribution in [3.05, 3.63) is 35.5 Å². The number of rotatable bonds is 8. The Bertz CT molecular complexity index is 413. The van der Waals surface area contributed by atoms with Crippen molar-refractivity contribution in [2.75, 3.05) is 24.5 Å². The van der Waals surface area contributed by atoms with Gasteiger partial charge in [0.2, 0.25) is 0 Å². The summed E-state index contributed by atoms with van der Waals surface area (Å²) < 4.78 is 0. The van der Waals surface area contributed by atoms with Crippen molar-refractivity contribution in [3.63, 3.8) is 0 Å². The number of aryl methyl sites for hydroxylation is 2. The summed E-state index contributed by atoms with van der Waals surface area (Å²) in [5, 5.41) is 3.41. The highest BCUT2D eigenvalue weighted by Crippen LogP contribution is 2.23. The Morgan fingerprint density at radius 2 is 2.11 bits per heavy atom. The third-order valence-corrected chi connectivity index (χ3v) is 3.15. The zero-order valence-electron chi connectivity index (χ0n) is 12.8. The van der Waals surface area contributed by atoms with Crippen LogP contribution in [0.2, 0.25) is 0 Å². The first-order chi connectivity index (χ1) is 9.13. The topological polar surface area (TPSA) is 28.2 Å². The zero-order chi connectivity index (χ0) is 14.3. The van der Waals surface area contributed by atoms with E-state index >= 15 is 0 Å². The smallest absolute Gasteiger partial charge is 0.133 e. The van der Waals surface area contributed by atoms with Crippen molar-refractivity contribution in [1.29, 1.82) is 0 Å². The maximum absolute atomic E-state index is 4.76. The minimum atomic E-state index is 0.850. The number of anilines is 1. The van der Waals surface area contributed by atoms with E-state index in [1.165, 1.54) is 11.1 Å². The van der Waals surface area contributed by atoms with Crippen LogP contribution < -0.4 is 10.2 Å². The highest BCUT2D eigenvalue weighted by atomic mass is 15.2. The van der Waals surface area contributed by atoms with Crippen molar-refractivity contribution in [2.45, 2.75) is 40.7 Å². The van der Waals surface area contributed by atoms with Gasteiger partial charge in [-0.25, -0.2) is 4.98 Å². The molecule has 0 saturated heterocycles. The third kappa shape index (κ3) is 4.35. The molecule has 1 heterocycles. The van der Waals surface area contributed by atoms with E-state index in [4.69, 9.17) is 4.98 Å². The lowest BCUT2D eigenvalue weighted by Crippen LogP contribution is -2.28. The van der Waals surface area contributed by atoms with Crippen LogP contribution in [0.4, 0.5) is 5.82 Å². The Morgan fingerprint density at radius 1 is 1.37 bits per heavy atom. The first-order valence-electron chi connectivity index (χ1n) is 7.17. The van der Waals surface area contributed by atoms with E-state index in [-0.39, 0.29) is 0 Å². The molecular formula is C16H27N3. The normalized spacial score (nSPS) is 10.5. The van der Waals surface area contributed by atoms with Gasteiger partial charge in [-0.15, -0.1) is 6.58 Å². The molecule has 1 aromatic rings. The maximum Gasteiger partial charge on any atom is 0.133 e. The Hall–Kier alpha value is -1.35. The second-order valence-corrected chi connectivity index (χ2v) is 4.90. The van der Waals surface area contributed by atoms with E-state index in [0.29, 0.717) is 0 Å². The Morgan fingerprint density at radius 3 is 2.68 bits per heavy atom. The highest BCUT2D eigenvalue weighted by molar-refractivity contribution is 5.52. The van der Waals surface area contributed by atoms with Crippen molar-refractivity contribution in [3.8, 4) is 0 Å². The van der Waals surface area contributed by atoms with E-state index in [0.717, 1.165) is 44.1 Å². The van der Waals surface area contributed by atoms with Gasteiger partial charge in [0.25, 0.3) is 0 Å². The standard InChI is InChI=1S/C16H27N3/c1-6-9-19(10-7-2)16-15(12-17-8-3)13(4)11-14(5)18-16/h6,11,17H,1,7-10,12H2,2-5H3. The number of hydrogen-bond acceptors (Lipinski definition) is 3. The molecule has 0 radical (unpaired) electrons. The molecular weight excluding hydrogens is 234 g/mol. The van der Waals surface area contributed by atoms with Gasteiger partial charge in [0, 0.05) is 30.9 Å². The predicted octanol–water partition coefficient (Wildman–Crippen LogP) is 3.21. The van der Waals surface area contributed by atoms with E-state index in [9.17, 15) is 0 Å². The number of pyridine rings is 1. The van der Waals surface area contributed by atoms with Crippen LogP contribution in [-0.2, 0) is 6.54 Å². The number of nitrogens with one attached hydrogen (secondary N) is 1. The fraction of sp³-hybridized carbons (Fsp3) is 0.562. The van der Waals surface area contributed by atoms with Gasteiger partial charge in [-0.1, -0.05) is 19.9 Å². The molecule has 0 bridgehead atoms. The summed E-state index contributed by atoms with van der Waals surface area (Å²) in [4.78, 5) is 7.08. The fourth-order valence-corrected chi connectivity index (χ4v) is 2.28. The molecule has 0 aliphatic rings. The average Bonchev–Trinajstić information content (AvgIpc) is 2.37. The van der Waals surface area contributed by atoms with E-state index in [2.05, 4.69) is 50.6 Å². The largest absolute Gasteiger partial charge is 0.353 e. The molecule has 3 nitrogen and oxygen atoms in total. The lowest BCUT2D eigenvalue weighted by molar-refractivity contribution is 0.709. The molecule has 0 aliphatic carbocycles. The van der Waals surface area contributed by atoms with Gasteiger partial charge in [-0.3, -0.25) is 0 Å². The molecule has 0 atom stereocenters. The molecule has 0 aliphatic heterocycles. The van der Waals surface area contributed by atoms with Gasteiger partial charge in [0.05, 0.1) is 0 Å². The Balaban J connectivity index is 3.15. The van der Waals surface area contributed by atoms with Crippen LogP contribution in [-0.4, -0.2) is 24.6 Å². The SMILES string of the molecule is C=CCN(CCC)c1nc(C)cc(C)c1CNCC. The number of hydrogen-bond donors (Lipinski definition) is 1. The average molecular weight is 261 g/mol. The number of aromatic nitrogens is 1. The molecule has 0 aromatic carbocycles. The van der Waals surface area contributed by atoms with Gasteiger partial charge >= 0.3 is 0 Å². The first kappa shape index (κ1) is 15.7. The summed E-state index contributed by atoms with van der Waals surface area (Å²) in [6.07, 6.45) is 3.06. The molecule has 1 aromatic heterocycles. The minimum absolute atomic E-state index is 0.850. The summed E-state index contributed by atoms with van der Waals surface area (Å²) in [5.41, 5.74) is 3.70. The van der Waals surface area contributed by atoms with Gasteiger partial charge < -0.3 is 10.2 Å². The van der Waals surface area contributed by atoms with Crippen LogP contribution in [0.3, 0.4) is 0 Å².